The number of carboxylic acids is 1. The number of aromatic hydroxyl groups is 1. The highest BCUT2D eigenvalue weighted by Gasteiger charge is 2.18. The second kappa shape index (κ2) is 5.80. The van der Waals surface area contributed by atoms with E-state index in [0.29, 0.717) is 0 Å². The number of hydrogen-bond acceptors (Lipinski definition) is 3. The molecular formula is C14H9ClFNO4. The van der Waals surface area contributed by atoms with Crippen LogP contribution in [0.4, 0.5) is 10.1 Å². The first kappa shape index (κ1) is 14.8. The van der Waals surface area contributed by atoms with Gasteiger partial charge in [-0.05, 0) is 24.3 Å². The van der Waals surface area contributed by atoms with Crippen molar-refractivity contribution >= 4 is 29.2 Å². The molecule has 0 aromatic heterocycles. The topological polar surface area (TPSA) is 86.6 Å². The molecule has 7 heteroatoms. The summed E-state index contributed by atoms with van der Waals surface area (Å²) in [6.07, 6.45) is 0. The number of halogens is 2. The number of hydrogen-bond donors (Lipinski definition) is 3. The van der Waals surface area contributed by atoms with Crippen molar-refractivity contribution in [3.63, 3.8) is 0 Å². The number of phenols is 1. The van der Waals surface area contributed by atoms with Gasteiger partial charge in [0.15, 0.2) is 11.6 Å². The summed E-state index contributed by atoms with van der Waals surface area (Å²) in [6.45, 7) is 0. The second-order valence-electron chi connectivity index (χ2n) is 4.06. The average Bonchev–Trinajstić information content (AvgIpc) is 2.43. The molecule has 0 fully saturated rings. The van der Waals surface area contributed by atoms with Gasteiger partial charge in [-0.2, -0.15) is 0 Å². The highest BCUT2D eigenvalue weighted by Crippen LogP contribution is 2.28. The van der Waals surface area contributed by atoms with Crippen LogP contribution in [0.5, 0.6) is 5.75 Å². The molecule has 0 aliphatic heterocycles. The van der Waals surface area contributed by atoms with E-state index >= 15 is 0 Å². The Hall–Kier alpha value is -2.60. The third kappa shape index (κ3) is 2.95. The standard InChI is InChI=1S/C14H9ClFNO4/c15-9-5-1-3-7(11(9)16)13(19)17-10-6-2-4-8(12(10)18)14(20)21/h1-6,18H,(H,17,19)(H,20,21). The smallest absolute Gasteiger partial charge is 0.339 e. The van der Waals surface area contributed by atoms with Crippen LogP contribution < -0.4 is 5.32 Å². The molecule has 0 unspecified atom stereocenters. The summed E-state index contributed by atoms with van der Waals surface area (Å²) in [5, 5.41) is 20.7. The molecule has 108 valence electrons. The number of aromatic carboxylic acids is 1. The van der Waals surface area contributed by atoms with Gasteiger partial charge in [-0.3, -0.25) is 4.79 Å². The monoisotopic (exact) mass is 309 g/mol. The van der Waals surface area contributed by atoms with E-state index in [4.69, 9.17) is 16.7 Å². The van der Waals surface area contributed by atoms with E-state index in [9.17, 15) is 19.1 Å². The maximum absolute atomic E-state index is 13.7. The Bertz CT molecular complexity index is 733. The van der Waals surface area contributed by atoms with Gasteiger partial charge in [0, 0.05) is 0 Å². The number of para-hydroxylation sites is 1. The van der Waals surface area contributed by atoms with Crippen molar-refractivity contribution in [3.05, 3.63) is 58.4 Å². The Morgan fingerprint density at radius 1 is 1.10 bits per heavy atom. The number of rotatable bonds is 3. The summed E-state index contributed by atoms with van der Waals surface area (Å²) < 4.78 is 13.7. The lowest BCUT2D eigenvalue weighted by atomic mass is 10.1. The molecule has 0 aliphatic rings. The lowest BCUT2D eigenvalue weighted by Crippen LogP contribution is -2.14. The molecule has 2 aromatic rings. The molecule has 0 saturated carbocycles. The largest absolute Gasteiger partial charge is 0.505 e. The highest BCUT2D eigenvalue weighted by molar-refractivity contribution is 6.31. The van der Waals surface area contributed by atoms with Crippen LogP contribution in [-0.2, 0) is 0 Å². The number of anilines is 1. The zero-order chi connectivity index (χ0) is 15.6. The lowest BCUT2D eigenvalue weighted by molar-refractivity contribution is 0.0693. The number of nitrogens with one attached hydrogen (secondary N) is 1. The van der Waals surface area contributed by atoms with Crippen molar-refractivity contribution in [2.45, 2.75) is 0 Å². The van der Waals surface area contributed by atoms with E-state index in [1.54, 1.807) is 0 Å². The van der Waals surface area contributed by atoms with E-state index in [-0.39, 0.29) is 21.8 Å². The van der Waals surface area contributed by atoms with Gasteiger partial charge in [-0.1, -0.05) is 23.7 Å². The molecule has 0 heterocycles. The van der Waals surface area contributed by atoms with Crippen LogP contribution in [0.15, 0.2) is 36.4 Å². The number of benzene rings is 2. The summed E-state index contributed by atoms with van der Waals surface area (Å²) in [5.74, 6) is -3.71. The SMILES string of the molecule is O=C(O)c1cccc(NC(=O)c2cccc(Cl)c2F)c1O. The molecule has 0 aliphatic carbocycles. The Balaban J connectivity index is 2.34. The second-order valence-corrected chi connectivity index (χ2v) is 4.47. The molecule has 0 spiro atoms. The predicted octanol–water partition coefficient (Wildman–Crippen LogP) is 3.14. The fourth-order valence-corrected chi connectivity index (χ4v) is 1.86. The summed E-state index contributed by atoms with van der Waals surface area (Å²) >= 11 is 5.58. The van der Waals surface area contributed by atoms with Crippen molar-refractivity contribution in [2.75, 3.05) is 5.32 Å². The van der Waals surface area contributed by atoms with Crippen LogP contribution in [0.25, 0.3) is 0 Å². The van der Waals surface area contributed by atoms with Crippen molar-refractivity contribution in [3.8, 4) is 5.75 Å². The van der Waals surface area contributed by atoms with Crippen LogP contribution in [0.2, 0.25) is 5.02 Å². The molecule has 2 aromatic carbocycles. The van der Waals surface area contributed by atoms with Gasteiger partial charge in [0.05, 0.1) is 16.3 Å². The number of carbonyl (C=O) groups is 2. The molecule has 0 saturated heterocycles. The molecule has 0 atom stereocenters. The fourth-order valence-electron chi connectivity index (χ4n) is 1.69. The van der Waals surface area contributed by atoms with Crippen molar-refractivity contribution < 1.29 is 24.2 Å². The van der Waals surface area contributed by atoms with E-state index in [2.05, 4.69) is 5.32 Å². The normalized spacial score (nSPS) is 10.2. The third-order valence-electron chi connectivity index (χ3n) is 2.71. The Morgan fingerprint density at radius 2 is 1.71 bits per heavy atom. The third-order valence-corrected chi connectivity index (χ3v) is 3.00. The Kier molecular flexibility index (Phi) is 4.09. The van der Waals surface area contributed by atoms with Crippen LogP contribution in [0.1, 0.15) is 20.7 Å². The predicted molar refractivity (Wildman–Crippen MR) is 74.4 cm³/mol. The quantitative estimate of drug-likeness (QED) is 0.760. The molecule has 21 heavy (non-hydrogen) atoms. The number of carboxylic acid groups (broad SMARTS) is 1. The van der Waals surface area contributed by atoms with E-state index < -0.39 is 23.4 Å². The van der Waals surface area contributed by atoms with Crippen LogP contribution in [0, 0.1) is 5.82 Å². The van der Waals surface area contributed by atoms with E-state index in [1.807, 2.05) is 0 Å². The van der Waals surface area contributed by atoms with Gasteiger partial charge in [0.25, 0.3) is 5.91 Å². The van der Waals surface area contributed by atoms with Crippen molar-refractivity contribution in [2.24, 2.45) is 0 Å². The zero-order valence-electron chi connectivity index (χ0n) is 10.4. The van der Waals surface area contributed by atoms with Gasteiger partial charge in [-0.25, -0.2) is 9.18 Å². The first-order valence-corrected chi connectivity index (χ1v) is 6.10. The number of amides is 1. The fraction of sp³-hybridized carbons (Fsp3) is 0. The highest BCUT2D eigenvalue weighted by atomic mass is 35.5. The summed E-state index contributed by atoms with van der Waals surface area (Å²) in [4.78, 5) is 22.8. The van der Waals surface area contributed by atoms with Gasteiger partial charge in [0.2, 0.25) is 0 Å². The van der Waals surface area contributed by atoms with E-state index in [0.717, 1.165) is 0 Å². The maximum Gasteiger partial charge on any atom is 0.339 e. The lowest BCUT2D eigenvalue weighted by Gasteiger charge is -2.10. The molecule has 1 amide bonds. The Morgan fingerprint density at radius 3 is 2.38 bits per heavy atom. The Labute approximate surface area is 123 Å². The van der Waals surface area contributed by atoms with Gasteiger partial charge >= 0.3 is 5.97 Å². The average molecular weight is 310 g/mol. The first-order chi connectivity index (χ1) is 9.91. The van der Waals surface area contributed by atoms with Gasteiger partial charge in [0.1, 0.15) is 5.56 Å². The molecule has 5 nitrogen and oxygen atoms in total. The first-order valence-electron chi connectivity index (χ1n) is 5.72. The van der Waals surface area contributed by atoms with Crippen molar-refractivity contribution in [1.82, 2.24) is 0 Å². The summed E-state index contributed by atoms with van der Waals surface area (Å²) in [5.41, 5.74) is -0.832. The maximum atomic E-state index is 13.7. The molecule has 0 radical (unpaired) electrons. The minimum absolute atomic E-state index is 0.140. The molecule has 0 bridgehead atoms. The summed E-state index contributed by atoms with van der Waals surface area (Å²) in [6, 6.07) is 7.71. The van der Waals surface area contributed by atoms with Gasteiger partial charge in [-0.15, -0.1) is 0 Å². The molecule has 2 rings (SSSR count). The summed E-state index contributed by atoms with van der Waals surface area (Å²) in [7, 11) is 0. The number of carbonyl (C=O) groups excluding carboxylic acids is 1. The van der Waals surface area contributed by atoms with Crippen LogP contribution >= 0.6 is 11.6 Å². The minimum Gasteiger partial charge on any atom is -0.505 e. The zero-order valence-corrected chi connectivity index (χ0v) is 11.2. The van der Waals surface area contributed by atoms with Crippen molar-refractivity contribution in [1.29, 1.82) is 0 Å². The minimum atomic E-state index is -1.35. The van der Waals surface area contributed by atoms with Gasteiger partial charge < -0.3 is 15.5 Å². The molecular weight excluding hydrogens is 301 g/mol. The molecule has 3 N–H and O–H groups in total. The van der Waals surface area contributed by atoms with Crippen LogP contribution in [0.3, 0.4) is 0 Å². The van der Waals surface area contributed by atoms with Crippen LogP contribution in [-0.4, -0.2) is 22.1 Å². The van der Waals surface area contributed by atoms with E-state index in [1.165, 1.54) is 36.4 Å².